The van der Waals surface area contributed by atoms with E-state index in [-0.39, 0.29) is 58.9 Å². The smallest absolute Gasteiger partial charge is 0.192 e. The molecule has 6 rings (SSSR count). The van der Waals surface area contributed by atoms with E-state index in [9.17, 15) is 0 Å². The molecule has 4 aliphatic heterocycles. The minimum absolute atomic E-state index is 0.0381. The van der Waals surface area contributed by atoms with Gasteiger partial charge in [0.15, 0.2) is 16.6 Å². The predicted octanol–water partition coefficient (Wildman–Crippen LogP) is 12.0. The highest BCUT2D eigenvalue weighted by Gasteiger charge is 2.56. The molecule has 0 N–H and O–H groups in total. The Labute approximate surface area is 366 Å². The Bertz CT molecular complexity index is 1610. The van der Waals surface area contributed by atoms with Crippen LogP contribution < -0.4 is 0 Å². The molecule has 0 aromatic heterocycles. The second kappa shape index (κ2) is 19.7. The van der Waals surface area contributed by atoms with Crippen LogP contribution in [0.25, 0.3) is 0 Å². The molecule has 4 saturated heterocycles. The van der Waals surface area contributed by atoms with Crippen LogP contribution in [0.2, 0.25) is 36.3 Å². The highest BCUT2D eigenvalue weighted by molar-refractivity contribution is 6.74. The average Bonchev–Trinajstić information content (AvgIpc) is 3.39. The van der Waals surface area contributed by atoms with Gasteiger partial charge in [0, 0.05) is 26.1 Å². The summed E-state index contributed by atoms with van der Waals surface area (Å²) in [6.07, 6.45) is 8.26. The maximum atomic E-state index is 7.42. The van der Waals surface area contributed by atoms with Crippen LogP contribution in [0.15, 0.2) is 60.7 Å². The molecule has 0 amide bonds. The molecule has 0 unspecified atom stereocenters. The van der Waals surface area contributed by atoms with Gasteiger partial charge in [-0.2, -0.15) is 0 Å². The van der Waals surface area contributed by atoms with Crippen molar-refractivity contribution in [2.75, 3.05) is 13.2 Å². The fourth-order valence-electron chi connectivity index (χ4n) is 9.23. The first-order chi connectivity index (χ1) is 28.2. The van der Waals surface area contributed by atoms with Gasteiger partial charge < -0.3 is 37.3 Å². The van der Waals surface area contributed by atoms with E-state index in [1.54, 1.807) is 0 Å². The highest BCUT2D eigenvalue weighted by Crippen LogP contribution is 2.49. The summed E-state index contributed by atoms with van der Waals surface area (Å²) in [5.41, 5.74) is 1.48. The minimum Gasteiger partial charge on any atom is -0.417 e. The summed E-state index contributed by atoms with van der Waals surface area (Å²) in [5.74, 6) is 0. The lowest BCUT2D eigenvalue weighted by atomic mass is 9.81. The molecule has 2 aromatic carbocycles. The number of hydrogen-bond donors (Lipinski definition) is 0. The summed E-state index contributed by atoms with van der Waals surface area (Å²) in [6.45, 7) is 30.6. The van der Waals surface area contributed by atoms with Crippen LogP contribution in [0.4, 0.5) is 0 Å². The van der Waals surface area contributed by atoms with Gasteiger partial charge in [-0.1, -0.05) is 102 Å². The molecular weight excluding hydrogens is 785 g/mol. The molecule has 2 aromatic rings. The van der Waals surface area contributed by atoms with Crippen molar-refractivity contribution in [3.8, 4) is 0 Å². The Morgan fingerprint density at radius 3 is 1.92 bits per heavy atom. The van der Waals surface area contributed by atoms with Crippen LogP contribution >= 0.6 is 0 Å². The van der Waals surface area contributed by atoms with Crippen LogP contribution in [0.3, 0.4) is 0 Å². The van der Waals surface area contributed by atoms with E-state index >= 15 is 0 Å². The van der Waals surface area contributed by atoms with Gasteiger partial charge in [0.1, 0.15) is 6.10 Å². The summed E-state index contributed by atoms with van der Waals surface area (Å²) >= 11 is 0. The molecule has 10 heteroatoms. The first-order valence-electron chi connectivity index (χ1n) is 23.4. The monoisotopic (exact) mass is 867 g/mol. The fourth-order valence-corrected chi connectivity index (χ4v) is 12.0. The van der Waals surface area contributed by atoms with Gasteiger partial charge >= 0.3 is 0 Å². The van der Waals surface area contributed by atoms with Gasteiger partial charge in [-0.05, 0) is 113 Å². The van der Waals surface area contributed by atoms with Gasteiger partial charge in [0.2, 0.25) is 0 Å². The third-order valence-electron chi connectivity index (χ3n) is 15.2. The molecule has 338 valence electrons. The van der Waals surface area contributed by atoms with E-state index in [2.05, 4.69) is 136 Å². The largest absolute Gasteiger partial charge is 0.417 e. The Balaban J connectivity index is 1.16. The quantitative estimate of drug-likeness (QED) is 0.122. The van der Waals surface area contributed by atoms with Crippen molar-refractivity contribution >= 4 is 16.6 Å². The lowest BCUT2D eigenvalue weighted by molar-refractivity contribution is -0.298. The minimum atomic E-state index is -2.12. The van der Waals surface area contributed by atoms with Gasteiger partial charge in [0.25, 0.3) is 0 Å². The maximum absolute atomic E-state index is 7.42. The Morgan fingerprint density at radius 2 is 1.27 bits per heavy atom. The van der Waals surface area contributed by atoms with Gasteiger partial charge in [-0.3, -0.25) is 0 Å². The van der Waals surface area contributed by atoms with E-state index in [1.165, 1.54) is 11.1 Å². The summed E-state index contributed by atoms with van der Waals surface area (Å²) in [7, 11) is -3.98. The first-order valence-corrected chi connectivity index (χ1v) is 29.3. The Morgan fingerprint density at radius 1 is 0.667 bits per heavy atom. The van der Waals surface area contributed by atoms with Crippen molar-refractivity contribution in [3.63, 3.8) is 0 Å². The van der Waals surface area contributed by atoms with E-state index in [4.69, 9.17) is 37.3 Å². The lowest BCUT2D eigenvalue weighted by Crippen LogP contribution is -2.62. The van der Waals surface area contributed by atoms with E-state index in [0.29, 0.717) is 19.8 Å². The van der Waals surface area contributed by atoms with Crippen molar-refractivity contribution < 1.29 is 37.3 Å². The molecule has 0 spiro atoms. The Hall–Kier alpha value is -1.45. The highest BCUT2D eigenvalue weighted by atomic mass is 28.4. The van der Waals surface area contributed by atoms with E-state index in [0.717, 1.165) is 70.8 Å². The number of rotatable bonds is 16. The lowest BCUT2D eigenvalue weighted by Gasteiger charge is -2.52. The van der Waals surface area contributed by atoms with Crippen LogP contribution in [-0.4, -0.2) is 89.9 Å². The van der Waals surface area contributed by atoms with Crippen molar-refractivity contribution in [1.82, 2.24) is 0 Å². The second-order valence-electron chi connectivity index (χ2n) is 22.0. The third kappa shape index (κ3) is 12.0. The summed E-state index contributed by atoms with van der Waals surface area (Å²) in [4.78, 5) is 0. The molecule has 4 heterocycles. The molecule has 0 bridgehead atoms. The van der Waals surface area contributed by atoms with Gasteiger partial charge in [-0.25, -0.2) is 0 Å². The third-order valence-corrected chi connectivity index (χ3v) is 24.3. The van der Waals surface area contributed by atoms with Crippen molar-refractivity contribution in [3.05, 3.63) is 71.8 Å². The molecule has 60 heavy (non-hydrogen) atoms. The maximum Gasteiger partial charge on any atom is 0.192 e. The first kappa shape index (κ1) is 48.0. The Kier molecular flexibility index (Phi) is 15.8. The summed E-state index contributed by atoms with van der Waals surface area (Å²) in [5, 5.41) is 0.271. The molecule has 0 aliphatic carbocycles. The molecule has 10 atom stereocenters. The normalized spacial score (nSPS) is 32.9. The zero-order valence-corrected chi connectivity index (χ0v) is 41.6. The predicted molar refractivity (Wildman–Crippen MR) is 246 cm³/mol. The van der Waals surface area contributed by atoms with Crippen molar-refractivity contribution in [2.45, 2.75) is 229 Å². The fraction of sp³-hybridized carbons (Fsp3) is 0.760. The second-order valence-corrected chi connectivity index (χ2v) is 31.5. The molecule has 0 saturated carbocycles. The number of hydrogen-bond acceptors (Lipinski definition) is 8. The zero-order chi connectivity index (χ0) is 43.4. The average molecular weight is 867 g/mol. The topological polar surface area (TPSA) is 73.8 Å². The SMILES string of the molecule is CC(C)(C)[Si](C)(C)OCCC[C@H]1O[C@H]2CC[C@@]3(C)O[C@H]4[C@@H](OCc5ccccc5)C[C@@H](CCCOCc5ccccc5)O[C@@H]4C[C@@H]3O[C@@H]2CC[C@]1(C)O[Si](C)(C)C(C)(C)C. The van der Waals surface area contributed by atoms with Crippen molar-refractivity contribution in [2.24, 2.45) is 0 Å². The number of ether oxygens (including phenoxy) is 6. The van der Waals surface area contributed by atoms with Crippen LogP contribution in [-0.2, 0) is 50.5 Å². The van der Waals surface area contributed by atoms with Crippen LogP contribution in [0.5, 0.6) is 0 Å². The van der Waals surface area contributed by atoms with Gasteiger partial charge in [0.05, 0.1) is 67.1 Å². The van der Waals surface area contributed by atoms with Gasteiger partial charge in [-0.15, -0.1) is 0 Å². The summed E-state index contributed by atoms with van der Waals surface area (Å²) in [6, 6.07) is 20.9. The van der Waals surface area contributed by atoms with E-state index < -0.39 is 27.8 Å². The molecule has 4 fully saturated rings. The van der Waals surface area contributed by atoms with E-state index in [1.807, 2.05) is 6.07 Å². The molecule has 4 aliphatic rings. The summed E-state index contributed by atoms with van der Waals surface area (Å²) < 4.78 is 55.9. The standard InChI is InChI=1S/C50H82O8Si2/c1-47(2,3)59(9,10)53-32-20-26-44-50(8,58-60(11,12)48(4,5)6)30-28-41-40(55-44)27-29-49(7)45(56-41)34-43-46(57-49)42(52-36-38-23-17-14-18-24-38)33-39(54-43)25-19-31-51-35-37-21-15-13-16-22-37/h13-18,21-24,39-46H,19-20,25-36H2,1-12H3/t39-,40+,41-,42+,43-,44-,45+,46+,49-,50+/m1/s1. The molecule has 0 radical (unpaired) electrons. The molecule has 8 nitrogen and oxygen atoms in total. The van der Waals surface area contributed by atoms with Crippen LogP contribution in [0.1, 0.15) is 131 Å². The zero-order valence-electron chi connectivity index (χ0n) is 39.6. The van der Waals surface area contributed by atoms with Crippen LogP contribution in [0, 0.1) is 0 Å². The van der Waals surface area contributed by atoms with Crippen molar-refractivity contribution in [1.29, 1.82) is 0 Å². The number of fused-ring (bicyclic) bond motifs is 3. The number of benzene rings is 2. The molecular formula is C50H82O8Si2.